The molecule has 1 saturated carbocycles. The normalized spacial score (nSPS) is 24.0. The fraction of sp³-hybridized carbons (Fsp3) is 0.944. The van der Waals surface area contributed by atoms with Crippen molar-refractivity contribution < 1.29 is 4.79 Å². The van der Waals surface area contributed by atoms with E-state index in [1.54, 1.807) is 0 Å². The van der Waals surface area contributed by atoms with Crippen LogP contribution in [-0.2, 0) is 4.79 Å². The van der Waals surface area contributed by atoms with Crippen LogP contribution in [0.5, 0.6) is 0 Å². The van der Waals surface area contributed by atoms with Crippen LogP contribution in [0.1, 0.15) is 78.6 Å². The Morgan fingerprint density at radius 2 is 1.90 bits per heavy atom. The molecule has 0 aromatic carbocycles. The third kappa shape index (κ3) is 6.82. The highest BCUT2D eigenvalue weighted by Gasteiger charge is 2.28. The molecule has 1 rings (SSSR count). The lowest BCUT2D eigenvalue weighted by molar-refractivity contribution is -0.122. The van der Waals surface area contributed by atoms with Crippen molar-refractivity contribution in [2.45, 2.75) is 84.6 Å². The molecule has 124 valence electrons. The van der Waals surface area contributed by atoms with E-state index in [-0.39, 0.29) is 5.91 Å². The molecule has 3 heteroatoms. The van der Waals surface area contributed by atoms with Crippen LogP contribution in [0.3, 0.4) is 0 Å². The van der Waals surface area contributed by atoms with Crippen LogP contribution in [0, 0.1) is 17.8 Å². The summed E-state index contributed by atoms with van der Waals surface area (Å²) in [5.41, 5.74) is 5.67. The van der Waals surface area contributed by atoms with E-state index in [4.69, 9.17) is 5.73 Å². The van der Waals surface area contributed by atoms with E-state index in [0.29, 0.717) is 30.2 Å². The predicted octanol–water partition coefficient (Wildman–Crippen LogP) is 3.86. The average molecular weight is 296 g/mol. The first-order chi connectivity index (χ1) is 10.1. The molecule has 0 aromatic rings. The molecule has 1 fully saturated rings. The fourth-order valence-corrected chi connectivity index (χ4v) is 3.83. The monoisotopic (exact) mass is 296 g/mol. The van der Waals surface area contributed by atoms with E-state index < -0.39 is 0 Å². The van der Waals surface area contributed by atoms with Gasteiger partial charge in [-0.1, -0.05) is 46.5 Å². The van der Waals surface area contributed by atoms with Crippen LogP contribution in [0.25, 0.3) is 0 Å². The number of amides is 1. The molecule has 0 aromatic heterocycles. The number of rotatable bonds is 9. The van der Waals surface area contributed by atoms with Gasteiger partial charge < -0.3 is 11.1 Å². The minimum Gasteiger partial charge on any atom is -0.353 e. The van der Waals surface area contributed by atoms with E-state index in [1.165, 1.54) is 32.1 Å². The molecule has 0 saturated heterocycles. The molecule has 0 bridgehead atoms. The number of nitrogens with one attached hydrogen (secondary N) is 1. The summed E-state index contributed by atoms with van der Waals surface area (Å²) in [7, 11) is 0. The number of carbonyl (C=O) groups is 1. The smallest absolute Gasteiger partial charge is 0.220 e. The van der Waals surface area contributed by atoms with Crippen LogP contribution in [0.4, 0.5) is 0 Å². The maximum atomic E-state index is 12.3. The van der Waals surface area contributed by atoms with Gasteiger partial charge in [0.2, 0.25) is 5.91 Å². The Morgan fingerprint density at radius 3 is 2.52 bits per heavy atom. The van der Waals surface area contributed by atoms with Gasteiger partial charge in [-0.2, -0.15) is 0 Å². The van der Waals surface area contributed by atoms with Crippen molar-refractivity contribution in [3.8, 4) is 0 Å². The largest absolute Gasteiger partial charge is 0.353 e. The highest BCUT2D eigenvalue weighted by molar-refractivity contribution is 5.76. The average Bonchev–Trinajstić information content (AvgIpc) is 2.45. The topological polar surface area (TPSA) is 55.1 Å². The SMILES string of the molecule is CCCC(CCN)CCC(=O)NC1CCCCC1C(C)C. The first-order valence-corrected chi connectivity index (χ1v) is 9.07. The number of carbonyl (C=O) groups excluding carboxylic acids is 1. The third-order valence-corrected chi connectivity index (χ3v) is 5.07. The van der Waals surface area contributed by atoms with Crippen LogP contribution < -0.4 is 11.1 Å². The van der Waals surface area contributed by atoms with Crippen molar-refractivity contribution in [1.82, 2.24) is 5.32 Å². The highest BCUT2D eigenvalue weighted by atomic mass is 16.1. The molecule has 1 amide bonds. The van der Waals surface area contributed by atoms with Crippen molar-refractivity contribution in [3.63, 3.8) is 0 Å². The van der Waals surface area contributed by atoms with Gasteiger partial charge in [0, 0.05) is 12.5 Å². The summed E-state index contributed by atoms with van der Waals surface area (Å²) in [6, 6.07) is 0.408. The third-order valence-electron chi connectivity index (χ3n) is 5.07. The van der Waals surface area contributed by atoms with Crippen LogP contribution in [-0.4, -0.2) is 18.5 Å². The fourth-order valence-electron chi connectivity index (χ4n) is 3.83. The van der Waals surface area contributed by atoms with Gasteiger partial charge in [-0.3, -0.25) is 4.79 Å². The summed E-state index contributed by atoms with van der Waals surface area (Å²) < 4.78 is 0. The molecule has 1 aliphatic carbocycles. The molecular weight excluding hydrogens is 260 g/mol. The van der Waals surface area contributed by atoms with Gasteiger partial charge in [-0.25, -0.2) is 0 Å². The maximum absolute atomic E-state index is 12.3. The van der Waals surface area contributed by atoms with E-state index in [1.807, 2.05) is 0 Å². The Balaban J connectivity index is 2.37. The minimum absolute atomic E-state index is 0.255. The summed E-state index contributed by atoms with van der Waals surface area (Å²) in [6.07, 6.45) is 10.1. The standard InChI is InChI=1S/C18H36N2O/c1-4-7-15(12-13-19)10-11-18(21)20-17-9-6-5-8-16(17)14(2)3/h14-17H,4-13,19H2,1-3H3,(H,20,21). The second kappa shape index (κ2) is 10.2. The Hall–Kier alpha value is -0.570. The molecule has 3 atom stereocenters. The van der Waals surface area contributed by atoms with E-state index in [2.05, 4.69) is 26.1 Å². The van der Waals surface area contributed by atoms with Crippen molar-refractivity contribution in [2.75, 3.05) is 6.54 Å². The van der Waals surface area contributed by atoms with Gasteiger partial charge >= 0.3 is 0 Å². The summed E-state index contributed by atoms with van der Waals surface area (Å²) in [4.78, 5) is 12.3. The molecule has 0 heterocycles. The molecular formula is C18H36N2O. The Bertz CT molecular complexity index is 285. The second-order valence-corrected chi connectivity index (χ2v) is 7.14. The van der Waals surface area contributed by atoms with Crippen LogP contribution in [0.15, 0.2) is 0 Å². The number of hydrogen-bond donors (Lipinski definition) is 2. The maximum Gasteiger partial charge on any atom is 0.220 e. The molecule has 3 unspecified atom stereocenters. The van der Waals surface area contributed by atoms with E-state index in [0.717, 1.165) is 25.8 Å². The van der Waals surface area contributed by atoms with Gasteiger partial charge in [-0.05, 0) is 50.0 Å². The molecule has 1 aliphatic rings. The predicted molar refractivity (Wildman–Crippen MR) is 90.0 cm³/mol. The number of nitrogens with two attached hydrogens (primary N) is 1. The lowest BCUT2D eigenvalue weighted by Gasteiger charge is -2.35. The highest BCUT2D eigenvalue weighted by Crippen LogP contribution is 2.30. The first-order valence-electron chi connectivity index (χ1n) is 9.07. The van der Waals surface area contributed by atoms with Gasteiger partial charge in [0.15, 0.2) is 0 Å². The summed E-state index contributed by atoms with van der Waals surface area (Å²) in [6.45, 7) is 7.52. The van der Waals surface area contributed by atoms with Gasteiger partial charge in [-0.15, -0.1) is 0 Å². The molecule has 3 N–H and O–H groups in total. The summed E-state index contributed by atoms with van der Waals surface area (Å²) in [5, 5.41) is 3.32. The van der Waals surface area contributed by atoms with Crippen molar-refractivity contribution in [2.24, 2.45) is 23.5 Å². The van der Waals surface area contributed by atoms with E-state index in [9.17, 15) is 4.79 Å². The second-order valence-electron chi connectivity index (χ2n) is 7.14. The lowest BCUT2D eigenvalue weighted by atomic mass is 9.78. The quantitative estimate of drug-likeness (QED) is 0.679. The lowest BCUT2D eigenvalue weighted by Crippen LogP contribution is -2.44. The minimum atomic E-state index is 0.255. The summed E-state index contributed by atoms with van der Waals surface area (Å²) in [5.74, 6) is 2.21. The molecule has 21 heavy (non-hydrogen) atoms. The zero-order chi connectivity index (χ0) is 15.7. The molecule has 3 nitrogen and oxygen atoms in total. The summed E-state index contributed by atoms with van der Waals surface area (Å²) >= 11 is 0. The van der Waals surface area contributed by atoms with Crippen LogP contribution >= 0.6 is 0 Å². The van der Waals surface area contributed by atoms with Crippen molar-refractivity contribution >= 4 is 5.91 Å². The zero-order valence-corrected chi connectivity index (χ0v) is 14.4. The van der Waals surface area contributed by atoms with E-state index >= 15 is 0 Å². The Labute approximate surface area is 131 Å². The Kier molecular flexibility index (Phi) is 8.98. The Morgan fingerprint density at radius 1 is 1.19 bits per heavy atom. The van der Waals surface area contributed by atoms with Gasteiger partial charge in [0.25, 0.3) is 0 Å². The number of hydrogen-bond acceptors (Lipinski definition) is 2. The van der Waals surface area contributed by atoms with Crippen molar-refractivity contribution in [1.29, 1.82) is 0 Å². The van der Waals surface area contributed by atoms with Gasteiger partial charge in [0.05, 0.1) is 0 Å². The molecule has 0 spiro atoms. The van der Waals surface area contributed by atoms with Crippen molar-refractivity contribution in [3.05, 3.63) is 0 Å². The molecule has 0 radical (unpaired) electrons. The zero-order valence-electron chi connectivity index (χ0n) is 14.4. The van der Waals surface area contributed by atoms with Gasteiger partial charge in [0.1, 0.15) is 0 Å². The molecule has 0 aliphatic heterocycles. The van der Waals surface area contributed by atoms with Crippen LogP contribution in [0.2, 0.25) is 0 Å². The first kappa shape index (κ1) is 18.5.